The minimum Gasteiger partial charge on any atom is -0.383 e. The van der Waals surface area contributed by atoms with E-state index in [2.05, 4.69) is 15.1 Å². The second-order valence-corrected chi connectivity index (χ2v) is 7.97. The van der Waals surface area contributed by atoms with Gasteiger partial charge in [-0.05, 0) is 24.7 Å². The SMILES string of the molecule is COCCN1C(=O)NC(=O)[C@]2(Cc3c(Cl)cccc3N3CCN(C)C[C@@H]32)C1=O. The van der Waals surface area contributed by atoms with E-state index in [-0.39, 0.29) is 25.6 Å². The lowest BCUT2D eigenvalue weighted by Crippen LogP contribution is -2.75. The number of amides is 4. The molecule has 0 aliphatic carbocycles. The highest BCUT2D eigenvalue weighted by Gasteiger charge is 2.62. The molecular weight excluding hydrogens is 384 g/mol. The predicted molar refractivity (Wildman–Crippen MR) is 103 cm³/mol. The molecule has 0 radical (unpaired) electrons. The number of nitrogens with one attached hydrogen (secondary N) is 1. The summed E-state index contributed by atoms with van der Waals surface area (Å²) in [5, 5.41) is 2.93. The summed E-state index contributed by atoms with van der Waals surface area (Å²) in [6, 6.07) is 4.54. The number of anilines is 1. The molecule has 2 fully saturated rings. The number of nitrogens with zero attached hydrogens (tertiary/aromatic N) is 3. The van der Waals surface area contributed by atoms with Gasteiger partial charge in [0.25, 0.3) is 0 Å². The number of imide groups is 2. The number of piperazine rings is 1. The number of barbiturate groups is 1. The van der Waals surface area contributed by atoms with E-state index in [9.17, 15) is 14.4 Å². The van der Waals surface area contributed by atoms with Crippen LogP contribution in [0.15, 0.2) is 18.2 Å². The maximum absolute atomic E-state index is 13.6. The fourth-order valence-corrected chi connectivity index (χ4v) is 4.80. The number of hydrogen-bond donors (Lipinski definition) is 1. The Morgan fingerprint density at radius 3 is 2.82 bits per heavy atom. The topological polar surface area (TPSA) is 82.2 Å². The van der Waals surface area contributed by atoms with Crippen molar-refractivity contribution in [3.63, 3.8) is 0 Å². The number of hydrogen-bond acceptors (Lipinski definition) is 6. The molecule has 1 aromatic carbocycles. The van der Waals surface area contributed by atoms with Crippen molar-refractivity contribution < 1.29 is 19.1 Å². The van der Waals surface area contributed by atoms with Crippen molar-refractivity contribution in [2.24, 2.45) is 5.41 Å². The molecule has 1 aromatic rings. The monoisotopic (exact) mass is 406 g/mol. The highest BCUT2D eigenvalue weighted by atomic mass is 35.5. The number of fused-ring (bicyclic) bond motifs is 4. The molecule has 0 unspecified atom stereocenters. The van der Waals surface area contributed by atoms with E-state index in [4.69, 9.17) is 16.3 Å². The molecular formula is C19H23ClN4O4. The standard InChI is InChI=1S/C19H23ClN4O4/c1-22-6-7-23-14-5-3-4-13(20)12(14)10-19(15(23)11-22)16(25)21-18(27)24(17(19)26)8-9-28-2/h3-5,15H,6-11H2,1-2H3,(H,21,25,27)/t15-,19-/m1/s1. The lowest BCUT2D eigenvalue weighted by atomic mass is 9.67. The van der Waals surface area contributed by atoms with Gasteiger partial charge in [0.1, 0.15) is 0 Å². The molecule has 0 bridgehead atoms. The zero-order valence-corrected chi connectivity index (χ0v) is 16.7. The van der Waals surface area contributed by atoms with Crippen molar-refractivity contribution in [1.29, 1.82) is 0 Å². The summed E-state index contributed by atoms with van der Waals surface area (Å²) in [5.74, 6) is -1.03. The van der Waals surface area contributed by atoms with Gasteiger partial charge in [0, 0.05) is 43.9 Å². The lowest BCUT2D eigenvalue weighted by Gasteiger charge is -2.55. The first kappa shape index (κ1) is 19.2. The van der Waals surface area contributed by atoms with Gasteiger partial charge in [-0.3, -0.25) is 19.8 Å². The molecule has 3 aliphatic rings. The Bertz CT molecular complexity index is 847. The van der Waals surface area contributed by atoms with Crippen LogP contribution in [0.25, 0.3) is 0 Å². The number of benzene rings is 1. The average Bonchev–Trinajstić information content (AvgIpc) is 2.66. The Labute approximate surface area is 168 Å². The highest BCUT2D eigenvalue weighted by Crippen LogP contribution is 2.47. The van der Waals surface area contributed by atoms with E-state index in [1.165, 1.54) is 7.11 Å². The average molecular weight is 407 g/mol. The van der Waals surface area contributed by atoms with Crippen molar-refractivity contribution in [2.45, 2.75) is 12.5 Å². The van der Waals surface area contributed by atoms with E-state index in [0.29, 0.717) is 18.1 Å². The molecule has 3 heterocycles. The van der Waals surface area contributed by atoms with Crippen LogP contribution in [0.3, 0.4) is 0 Å². The van der Waals surface area contributed by atoms with Crippen LogP contribution >= 0.6 is 11.6 Å². The van der Waals surface area contributed by atoms with Gasteiger partial charge in [0.2, 0.25) is 11.8 Å². The fourth-order valence-electron chi connectivity index (χ4n) is 4.56. The molecule has 0 aromatic heterocycles. The van der Waals surface area contributed by atoms with Gasteiger partial charge in [-0.25, -0.2) is 4.79 Å². The van der Waals surface area contributed by atoms with Crippen LogP contribution in [0.1, 0.15) is 5.56 Å². The van der Waals surface area contributed by atoms with Crippen molar-refractivity contribution in [1.82, 2.24) is 15.1 Å². The smallest absolute Gasteiger partial charge is 0.330 e. The van der Waals surface area contributed by atoms with E-state index in [0.717, 1.165) is 22.7 Å². The summed E-state index contributed by atoms with van der Waals surface area (Å²) in [6.45, 7) is 2.31. The molecule has 150 valence electrons. The molecule has 8 nitrogen and oxygen atoms in total. The third-order valence-corrected chi connectivity index (χ3v) is 6.38. The van der Waals surface area contributed by atoms with Gasteiger partial charge in [0.15, 0.2) is 5.41 Å². The van der Waals surface area contributed by atoms with Crippen molar-refractivity contribution in [2.75, 3.05) is 51.8 Å². The highest BCUT2D eigenvalue weighted by molar-refractivity contribution is 6.32. The minimum absolute atomic E-state index is 0.0914. The zero-order chi connectivity index (χ0) is 20.1. The van der Waals surface area contributed by atoms with Crippen LogP contribution in [0.5, 0.6) is 0 Å². The second-order valence-electron chi connectivity index (χ2n) is 7.57. The second kappa shape index (κ2) is 7.02. The molecule has 2 atom stereocenters. The van der Waals surface area contributed by atoms with Crippen LogP contribution in [0.2, 0.25) is 5.02 Å². The molecule has 28 heavy (non-hydrogen) atoms. The maximum atomic E-state index is 13.6. The molecule has 3 aliphatic heterocycles. The first-order chi connectivity index (χ1) is 13.4. The molecule has 4 rings (SSSR count). The summed E-state index contributed by atoms with van der Waals surface area (Å²) in [6.07, 6.45) is 0.165. The lowest BCUT2D eigenvalue weighted by molar-refractivity contribution is -0.154. The summed E-state index contributed by atoms with van der Waals surface area (Å²) in [7, 11) is 3.47. The van der Waals surface area contributed by atoms with E-state index >= 15 is 0 Å². The van der Waals surface area contributed by atoms with Gasteiger partial charge >= 0.3 is 6.03 Å². The molecule has 4 amide bonds. The zero-order valence-electron chi connectivity index (χ0n) is 15.9. The summed E-state index contributed by atoms with van der Waals surface area (Å²) in [5.41, 5.74) is 0.320. The van der Waals surface area contributed by atoms with Crippen LogP contribution in [0, 0.1) is 5.41 Å². The summed E-state index contributed by atoms with van der Waals surface area (Å²) < 4.78 is 5.04. The van der Waals surface area contributed by atoms with Gasteiger partial charge < -0.3 is 14.5 Å². The quantitative estimate of drug-likeness (QED) is 0.745. The van der Waals surface area contributed by atoms with Gasteiger partial charge in [-0.15, -0.1) is 0 Å². The molecule has 9 heteroatoms. The van der Waals surface area contributed by atoms with Crippen molar-refractivity contribution >= 4 is 35.1 Å². The number of urea groups is 1. The Morgan fingerprint density at radius 2 is 2.07 bits per heavy atom. The molecule has 0 saturated carbocycles. The van der Waals surface area contributed by atoms with Crippen LogP contribution in [-0.4, -0.2) is 80.6 Å². The normalized spacial score (nSPS) is 27.7. The van der Waals surface area contributed by atoms with Crippen molar-refractivity contribution in [3.8, 4) is 0 Å². The maximum Gasteiger partial charge on any atom is 0.330 e. The van der Waals surface area contributed by atoms with Crippen LogP contribution in [0.4, 0.5) is 10.5 Å². The van der Waals surface area contributed by atoms with E-state index in [1.54, 1.807) is 6.07 Å². The first-order valence-corrected chi connectivity index (χ1v) is 9.67. The number of ether oxygens (including phenoxy) is 1. The third-order valence-electron chi connectivity index (χ3n) is 6.03. The van der Waals surface area contributed by atoms with Gasteiger partial charge in [-0.1, -0.05) is 17.7 Å². The first-order valence-electron chi connectivity index (χ1n) is 9.29. The summed E-state index contributed by atoms with van der Waals surface area (Å²) >= 11 is 6.47. The number of carbonyl (C=O) groups excluding carboxylic acids is 3. The molecule has 2 saturated heterocycles. The van der Waals surface area contributed by atoms with Crippen molar-refractivity contribution in [3.05, 3.63) is 28.8 Å². The Morgan fingerprint density at radius 1 is 1.29 bits per heavy atom. The molecule has 1 spiro atoms. The third kappa shape index (κ3) is 2.70. The summed E-state index contributed by atoms with van der Waals surface area (Å²) in [4.78, 5) is 44.5. The Balaban J connectivity index is 1.85. The minimum atomic E-state index is -1.41. The van der Waals surface area contributed by atoms with Crippen LogP contribution in [-0.2, 0) is 20.7 Å². The van der Waals surface area contributed by atoms with Crippen LogP contribution < -0.4 is 10.2 Å². The van der Waals surface area contributed by atoms with Gasteiger partial charge in [-0.2, -0.15) is 0 Å². The largest absolute Gasteiger partial charge is 0.383 e. The van der Waals surface area contributed by atoms with Gasteiger partial charge in [0.05, 0.1) is 19.2 Å². The number of halogens is 1. The predicted octanol–water partition coefficient (Wildman–Crippen LogP) is 0.728. The number of methoxy groups -OCH3 is 1. The van der Waals surface area contributed by atoms with E-state index < -0.39 is 23.3 Å². The number of likely N-dealkylation sites (N-methyl/N-ethyl adjacent to an activating group) is 1. The number of carbonyl (C=O) groups is 3. The number of rotatable bonds is 3. The van der Waals surface area contributed by atoms with E-state index in [1.807, 2.05) is 19.2 Å². The fraction of sp³-hybridized carbons (Fsp3) is 0.526. The Hall–Kier alpha value is -2.16. The molecule has 1 N–H and O–H groups in total. The Kier molecular flexibility index (Phi) is 4.81.